The molecule has 1 rings (SSSR count). The van der Waals surface area contributed by atoms with Gasteiger partial charge in [-0.25, -0.2) is 22.3 Å². The highest BCUT2D eigenvalue weighted by Crippen LogP contribution is 2.16. The van der Waals surface area contributed by atoms with Crippen molar-refractivity contribution in [2.24, 2.45) is 0 Å². The lowest BCUT2D eigenvalue weighted by molar-refractivity contribution is 0.0691. The largest absolute Gasteiger partial charge is 0.478 e. The van der Waals surface area contributed by atoms with Crippen LogP contribution in [0.3, 0.4) is 0 Å². The molecule has 0 saturated heterocycles. The van der Waals surface area contributed by atoms with Gasteiger partial charge in [0.25, 0.3) is 0 Å². The molecule has 20 heavy (non-hydrogen) atoms. The van der Waals surface area contributed by atoms with E-state index in [4.69, 9.17) is 5.11 Å². The van der Waals surface area contributed by atoms with Crippen LogP contribution in [0.25, 0.3) is 0 Å². The van der Waals surface area contributed by atoms with Gasteiger partial charge in [-0.3, -0.25) is 0 Å². The van der Waals surface area contributed by atoms with Crippen molar-refractivity contribution in [3.8, 4) is 0 Å². The van der Waals surface area contributed by atoms with Crippen LogP contribution in [0.1, 0.15) is 23.7 Å². The molecule has 5 nitrogen and oxygen atoms in total. The first-order valence-corrected chi connectivity index (χ1v) is 8.69. The Hall–Kier alpha value is -1.12. The summed E-state index contributed by atoms with van der Waals surface area (Å²) in [6, 6.07) is 2.42. The Kier molecular flexibility index (Phi) is 5.97. The predicted octanol–water partition coefficient (Wildman–Crippen LogP) is 1.94. The summed E-state index contributed by atoms with van der Waals surface area (Å²) < 4.78 is 39.8. The van der Waals surface area contributed by atoms with Crippen LogP contribution in [0.5, 0.6) is 0 Å². The molecule has 0 amide bonds. The number of benzene rings is 1. The molecule has 1 aromatic rings. The molecule has 0 bridgehead atoms. The summed E-state index contributed by atoms with van der Waals surface area (Å²) in [6.07, 6.45) is 2.56. The normalized spacial score (nSPS) is 13.2. The van der Waals surface area contributed by atoms with Gasteiger partial charge >= 0.3 is 5.97 Å². The molecule has 0 aliphatic rings. The number of aromatic carboxylic acids is 1. The van der Waals surface area contributed by atoms with E-state index in [9.17, 15) is 17.6 Å². The Morgan fingerprint density at radius 3 is 2.70 bits per heavy atom. The molecule has 1 unspecified atom stereocenters. The second-order valence-corrected chi connectivity index (χ2v) is 6.95. The van der Waals surface area contributed by atoms with Gasteiger partial charge in [-0.1, -0.05) is 0 Å². The molecule has 0 aliphatic heterocycles. The van der Waals surface area contributed by atoms with Crippen LogP contribution in [0.15, 0.2) is 23.1 Å². The average molecular weight is 321 g/mol. The standard InChI is InChI=1S/C12H16FNO4S2/c1-8(5-6-19-2)14-20(17,18)9-3-4-11(13)10(7-9)12(15)16/h3-4,7-8,14H,5-6H2,1-2H3,(H,15,16). The molecular formula is C12H16FNO4S2. The number of carbonyl (C=O) groups is 1. The van der Waals surface area contributed by atoms with Gasteiger partial charge in [0, 0.05) is 6.04 Å². The lowest BCUT2D eigenvalue weighted by Crippen LogP contribution is -2.33. The number of carboxylic acids is 1. The summed E-state index contributed by atoms with van der Waals surface area (Å²) in [5.74, 6) is -1.67. The van der Waals surface area contributed by atoms with Crippen molar-refractivity contribution in [3.05, 3.63) is 29.6 Å². The Bertz CT molecular complexity index is 589. The van der Waals surface area contributed by atoms with Crippen LogP contribution < -0.4 is 4.72 Å². The van der Waals surface area contributed by atoms with E-state index in [-0.39, 0.29) is 10.9 Å². The number of nitrogens with one attached hydrogen (secondary N) is 1. The first-order chi connectivity index (χ1) is 9.27. The number of hydrogen-bond acceptors (Lipinski definition) is 4. The minimum absolute atomic E-state index is 0.257. The minimum atomic E-state index is -3.85. The van der Waals surface area contributed by atoms with Crippen molar-refractivity contribution in [1.29, 1.82) is 0 Å². The third-order valence-electron chi connectivity index (χ3n) is 2.59. The minimum Gasteiger partial charge on any atom is -0.478 e. The van der Waals surface area contributed by atoms with Gasteiger partial charge in [0.15, 0.2) is 0 Å². The molecule has 0 heterocycles. The van der Waals surface area contributed by atoms with Gasteiger partial charge in [-0.2, -0.15) is 11.8 Å². The third-order valence-corrected chi connectivity index (χ3v) is 4.82. The Balaban J connectivity index is 2.98. The summed E-state index contributed by atoms with van der Waals surface area (Å²) in [7, 11) is -3.85. The third kappa shape index (κ3) is 4.46. The maximum Gasteiger partial charge on any atom is 0.338 e. The number of sulfonamides is 1. The van der Waals surface area contributed by atoms with E-state index in [0.717, 1.165) is 24.0 Å². The van der Waals surface area contributed by atoms with Gasteiger partial charge in [0.2, 0.25) is 10.0 Å². The number of hydrogen-bond donors (Lipinski definition) is 2. The molecule has 0 spiro atoms. The van der Waals surface area contributed by atoms with Gasteiger partial charge in [-0.15, -0.1) is 0 Å². The van der Waals surface area contributed by atoms with Crippen LogP contribution >= 0.6 is 11.8 Å². The molecule has 0 saturated carbocycles. The summed E-state index contributed by atoms with van der Waals surface area (Å²) in [6.45, 7) is 1.72. The van der Waals surface area contributed by atoms with Crippen LogP contribution in [0, 0.1) is 5.82 Å². The molecular weight excluding hydrogens is 305 g/mol. The summed E-state index contributed by atoms with van der Waals surface area (Å²) in [5, 5.41) is 8.80. The maximum atomic E-state index is 13.2. The molecule has 112 valence electrons. The van der Waals surface area contributed by atoms with E-state index in [2.05, 4.69) is 4.72 Å². The molecule has 1 aromatic carbocycles. The highest BCUT2D eigenvalue weighted by atomic mass is 32.2. The smallest absolute Gasteiger partial charge is 0.338 e. The molecule has 0 fully saturated rings. The topological polar surface area (TPSA) is 83.5 Å². The van der Waals surface area contributed by atoms with E-state index in [1.54, 1.807) is 18.7 Å². The summed E-state index contributed by atoms with van der Waals surface area (Å²) in [4.78, 5) is 10.5. The van der Waals surface area contributed by atoms with Gasteiger partial charge in [0.05, 0.1) is 10.5 Å². The lowest BCUT2D eigenvalue weighted by Gasteiger charge is -2.14. The van der Waals surface area contributed by atoms with Gasteiger partial charge in [-0.05, 0) is 43.6 Å². The Morgan fingerprint density at radius 1 is 1.50 bits per heavy atom. The van der Waals surface area contributed by atoms with Crippen LogP contribution in [0.4, 0.5) is 4.39 Å². The predicted molar refractivity (Wildman–Crippen MR) is 76.1 cm³/mol. The molecule has 0 radical (unpaired) electrons. The van der Waals surface area contributed by atoms with E-state index >= 15 is 0 Å². The fraction of sp³-hybridized carbons (Fsp3) is 0.417. The van der Waals surface area contributed by atoms with Crippen molar-refractivity contribution in [1.82, 2.24) is 4.72 Å². The molecule has 2 N–H and O–H groups in total. The van der Waals surface area contributed by atoms with E-state index in [1.807, 2.05) is 6.26 Å². The zero-order chi connectivity index (χ0) is 15.3. The number of halogens is 1. The van der Waals surface area contributed by atoms with Crippen molar-refractivity contribution in [2.45, 2.75) is 24.3 Å². The Morgan fingerprint density at radius 2 is 2.15 bits per heavy atom. The molecule has 0 aliphatic carbocycles. The quantitative estimate of drug-likeness (QED) is 0.802. The average Bonchev–Trinajstić information content (AvgIpc) is 2.35. The Labute approximate surface area is 121 Å². The monoisotopic (exact) mass is 321 g/mol. The van der Waals surface area contributed by atoms with E-state index in [1.165, 1.54) is 0 Å². The fourth-order valence-electron chi connectivity index (χ4n) is 1.52. The number of rotatable bonds is 7. The zero-order valence-corrected chi connectivity index (χ0v) is 12.7. The SMILES string of the molecule is CSCCC(C)NS(=O)(=O)c1ccc(F)c(C(=O)O)c1. The van der Waals surface area contributed by atoms with Crippen molar-refractivity contribution >= 4 is 27.8 Å². The number of carboxylic acid groups (broad SMARTS) is 1. The van der Waals surface area contributed by atoms with E-state index < -0.39 is 27.4 Å². The second-order valence-electron chi connectivity index (χ2n) is 4.25. The van der Waals surface area contributed by atoms with Crippen LogP contribution in [-0.2, 0) is 10.0 Å². The first-order valence-electron chi connectivity index (χ1n) is 5.82. The highest BCUT2D eigenvalue weighted by molar-refractivity contribution is 7.98. The van der Waals surface area contributed by atoms with Crippen molar-refractivity contribution < 1.29 is 22.7 Å². The van der Waals surface area contributed by atoms with Gasteiger partial charge < -0.3 is 5.11 Å². The molecule has 8 heteroatoms. The first kappa shape index (κ1) is 16.9. The van der Waals surface area contributed by atoms with Crippen molar-refractivity contribution in [2.75, 3.05) is 12.0 Å². The zero-order valence-electron chi connectivity index (χ0n) is 11.1. The fourth-order valence-corrected chi connectivity index (χ4v) is 3.41. The van der Waals surface area contributed by atoms with Gasteiger partial charge in [0.1, 0.15) is 5.82 Å². The number of thioether (sulfide) groups is 1. The summed E-state index contributed by atoms with van der Waals surface area (Å²) in [5.41, 5.74) is -0.662. The van der Waals surface area contributed by atoms with Crippen LogP contribution in [0.2, 0.25) is 0 Å². The molecule has 1 atom stereocenters. The van der Waals surface area contributed by atoms with Crippen LogP contribution in [-0.4, -0.2) is 37.5 Å². The maximum absolute atomic E-state index is 13.2. The molecule has 0 aromatic heterocycles. The second kappa shape index (κ2) is 7.05. The van der Waals surface area contributed by atoms with E-state index in [0.29, 0.717) is 6.42 Å². The highest BCUT2D eigenvalue weighted by Gasteiger charge is 2.20. The lowest BCUT2D eigenvalue weighted by atomic mass is 10.2. The summed E-state index contributed by atoms with van der Waals surface area (Å²) >= 11 is 1.60. The van der Waals surface area contributed by atoms with Crippen molar-refractivity contribution in [3.63, 3.8) is 0 Å².